The second-order valence-corrected chi connectivity index (χ2v) is 7.89. The topological polar surface area (TPSA) is 79.5 Å². The molecule has 3 rings (SSSR count). The highest BCUT2D eigenvalue weighted by atomic mass is 32.2. The second-order valence-electron chi connectivity index (χ2n) is 5.75. The van der Waals surface area contributed by atoms with Crippen LogP contribution in [0, 0.1) is 0 Å². The van der Waals surface area contributed by atoms with E-state index in [-0.39, 0.29) is 5.92 Å². The molecule has 0 bridgehead atoms. The molecule has 0 amide bonds. The van der Waals surface area contributed by atoms with Crippen LogP contribution < -0.4 is 0 Å². The van der Waals surface area contributed by atoms with Gasteiger partial charge in [-0.1, -0.05) is 5.16 Å². The van der Waals surface area contributed by atoms with Crippen LogP contribution in [0.25, 0.3) is 0 Å². The molecule has 2 heterocycles. The summed E-state index contributed by atoms with van der Waals surface area (Å²) in [6.07, 6.45) is 3.97. The molecule has 2 fully saturated rings. The minimum Gasteiger partial charge on any atom is -0.339 e. The number of aromatic nitrogens is 2. The molecule has 0 unspecified atom stereocenters. The smallest absolute Gasteiger partial charge is 0.281 e. The van der Waals surface area contributed by atoms with E-state index in [0.717, 1.165) is 25.7 Å². The van der Waals surface area contributed by atoms with E-state index in [4.69, 9.17) is 4.52 Å². The van der Waals surface area contributed by atoms with Gasteiger partial charge in [-0.15, -0.1) is 0 Å². The standard InChI is InChI=1S/C12H20N4O3S/c1-15(2)20(17,18)16-7-3-4-10(8-16)11-13-12(19-14-11)9-5-6-9/h9-10H,3-8H2,1-2H3/t10-/m1/s1. The number of hydrogen-bond acceptors (Lipinski definition) is 5. The van der Waals surface area contributed by atoms with Crippen molar-refractivity contribution in [3.63, 3.8) is 0 Å². The Morgan fingerprint density at radius 2 is 2.00 bits per heavy atom. The molecule has 1 aliphatic heterocycles. The van der Waals surface area contributed by atoms with Gasteiger partial charge in [-0.2, -0.15) is 22.0 Å². The summed E-state index contributed by atoms with van der Waals surface area (Å²) in [7, 11) is -0.249. The van der Waals surface area contributed by atoms with Gasteiger partial charge >= 0.3 is 0 Å². The van der Waals surface area contributed by atoms with E-state index < -0.39 is 10.2 Å². The van der Waals surface area contributed by atoms with Crippen molar-refractivity contribution in [3.05, 3.63) is 11.7 Å². The fourth-order valence-electron chi connectivity index (χ4n) is 2.50. The molecule has 1 aromatic rings. The van der Waals surface area contributed by atoms with Crippen molar-refractivity contribution in [1.29, 1.82) is 0 Å². The molecule has 1 saturated carbocycles. The van der Waals surface area contributed by atoms with Gasteiger partial charge in [0.2, 0.25) is 5.89 Å². The molecule has 20 heavy (non-hydrogen) atoms. The van der Waals surface area contributed by atoms with Crippen LogP contribution in [0.5, 0.6) is 0 Å². The zero-order valence-electron chi connectivity index (χ0n) is 11.8. The first-order valence-electron chi connectivity index (χ1n) is 6.99. The summed E-state index contributed by atoms with van der Waals surface area (Å²) in [5, 5.41) is 4.04. The minimum atomic E-state index is -3.36. The Labute approximate surface area is 119 Å². The predicted octanol–water partition coefficient (Wildman–Crippen LogP) is 0.933. The van der Waals surface area contributed by atoms with Crippen molar-refractivity contribution in [1.82, 2.24) is 18.8 Å². The van der Waals surface area contributed by atoms with Gasteiger partial charge < -0.3 is 4.52 Å². The van der Waals surface area contributed by atoms with Crippen molar-refractivity contribution in [3.8, 4) is 0 Å². The molecule has 0 N–H and O–H groups in total. The van der Waals surface area contributed by atoms with E-state index in [1.165, 1.54) is 8.61 Å². The summed E-state index contributed by atoms with van der Waals surface area (Å²) in [5.41, 5.74) is 0. The van der Waals surface area contributed by atoms with Crippen LogP contribution in [-0.4, -0.2) is 54.4 Å². The molecule has 112 valence electrons. The predicted molar refractivity (Wildman–Crippen MR) is 72.4 cm³/mol. The van der Waals surface area contributed by atoms with Gasteiger partial charge in [0, 0.05) is 39.0 Å². The SMILES string of the molecule is CN(C)S(=O)(=O)N1CCC[C@@H](c2noc(C3CC3)n2)C1. The van der Waals surface area contributed by atoms with Crippen LogP contribution in [0.1, 0.15) is 49.2 Å². The fourth-order valence-corrected chi connectivity index (χ4v) is 3.69. The Hall–Kier alpha value is -0.990. The van der Waals surface area contributed by atoms with Gasteiger partial charge in [0.1, 0.15) is 0 Å². The van der Waals surface area contributed by atoms with Crippen molar-refractivity contribution >= 4 is 10.2 Å². The van der Waals surface area contributed by atoms with Crippen molar-refractivity contribution < 1.29 is 12.9 Å². The highest BCUT2D eigenvalue weighted by molar-refractivity contribution is 7.86. The Bertz CT molecular complexity index is 579. The molecular weight excluding hydrogens is 280 g/mol. The van der Waals surface area contributed by atoms with Crippen LogP contribution in [-0.2, 0) is 10.2 Å². The van der Waals surface area contributed by atoms with Gasteiger partial charge in [-0.3, -0.25) is 0 Å². The van der Waals surface area contributed by atoms with Crippen LogP contribution in [0.2, 0.25) is 0 Å². The van der Waals surface area contributed by atoms with E-state index in [0.29, 0.717) is 30.7 Å². The quantitative estimate of drug-likeness (QED) is 0.826. The lowest BCUT2D eigenvalue weighted by Crippen LogP contribution is -2.45. The van der Waals surface area contributed by atoms with Crippen molar-refractivity contribution in [2.45, 2.75) is 37.5 Å². The van der Waals surface area contributed by atoms with Crippen molar-refractivity contribution in [2.24, 2.45) is 0 Å². The van der Waals surface area contributed by atoms with Crippen LogP contribution in [0.15, 0.2) is 4.52 Å². The molecule has 2 aliphatic rings. The van der Waals surface area contributed by atoms with Crippen LogP contribution in [0.3, 0.4) is 0 Å². The maximum atomic E-state index is 12.2. The first-order chi connectivity index (χ1) is 9.48. The molecule has 1 atom stereocenters. The lowest BCUT2D eigenvalue weighted by Gasteiger charge is -2.32. The summed E-state index contributed by atoms with van der Waals surface area (Å²) in [5.74, 6) is 1.84. The Morgan fingerprint density at radius 1 is 1.25 bits per heavy atom. The Kier molecular flexibility index (Phi) is 3.55. The molecule has 1 aliphatic carbocycles. The van der Waals surface area contributed by atoms with E-state index in [2.05, 4.69) is 10.1 Å². The first kappa shape index (κ1) is 14.0. The zero-order valence-corrected chi connectivity index (χ0v) is 12.6. The third-order valence-corrected chi connectivity index (χ3v) is 5.83. The molecule has 0 aromatic carbocycles. The number of hydrogen-bond donors (Lipinski definition) is 0. The molecule has 1 aromatic heterocycles. The van der Waals surface area contributed by atoms with E-state index in [9.17, 15) is 8.42 Å². The average Bonchev–Trinajstić information content (AvgIpc) is 3.16. The third kappa shape index (κ3) is 2.59. The van der Waals surface area contributed by atoms with Crippen molar-refractivity contribution in [2.75, 3.05) is 27.2 Å². The van der Waals surface area contributed by atoms with Gasteiger partial charge in [-0.05, 0) is 25.7 Å². The van der Waals surface area contributed by atoms with Gasteiger partial charge in [0.05, 0.1) is 0 Å². The number of rotatable bonds is 4. The fraction of sp³-hybridized carbons (Fsp3) is 0.833. The molecule has 7 nitrogen and oxygen atoms in total. The van der Waals surface area contributed by atoms with Gasteiger partial charge in [0.15, 0.2) is 5.82 Å². The second kappa shape index (κ2) is 5.09. The van der Waals surface area contributed by atoms with Crippen LogP contribution in [0.4, 0.5) is 0 Å². The monoisotopic (exact) mass is 300 g/mol. The highest BCUT2D eigenvalue weighted by Crippen LogP contribution is 2.39. The molecule has 8 heteroatoms. The number of piperidine rings is 1. The number of nitrogens with zero attached hydrogens (tertiary/aromatic N) is 4. The maximum absolute atomic E-state index is 12.2. The highest BCUT2D eigenvalue weighted by Gasteiger charge is 2.35. The van der Waals surface area contributed by atoms with Gasteiger partial charge in [0.25, 0.3) is 10.2 Å². The Balaban J connectivity index is 1.74. The molecule has 0 radical (unpaired) electrons. The molecule has 1 saturated heterocycles. The summed E-state index contributed by atoms with van der Waals surface area (Å²) < 4.78 is 32.4. The lowest BCUT2D eigenvalue weighted by molar-refractivity contribution is 0.287. The average molecular weight is 300 g/mol. The zero-order chi connectivity index (χ0) is 14.3. The van der Waals surface area contributed by atoms with E-state index in [1.807, 2.05) is 0 Å². The summed E-state index contributed by atoms with van der Waals surface area (Å²) in [6, 6.07) is 0. The third-order valence-electron chi connectivity index (χ3n) is 3.92. The first-order valence-corrected chi connectivity index (χ1v) is 8.39. The minimum absolute atomic E-state index is 0.0368. The van der Waals surface area contributed by atoms with Crippen LogP contribution >= 0.6 is 0 Å². The summed E-state index contributed by atoms with van der Waals surface area (Å²) in [4.78, 5) is 4.44. The van der Waals surface area contributed by atoms with E-state index in [1.54, 1.807) is 14.1 Å². The van der Waals surface area contributed by atoms with E-state index >= 15 is 0 Å². The summed E-state index contributed by atoms with van der Waals surface area (Å²) >= 11 is 0. The van der Waals surface area contributed by atoms with Gasteiger partial charge in [-0.25, -0.2) is 0 Å². The lowest BCUT2D eigenvalue weighted by atomic mass is 9.99. The summed E-state index contributed by atoms with van der Waals surface area (Å²) in [6.45, 7) is 0.995. The maximum Gasteiger partial charge on any atom is 0.281 e. The Morgan fingerprint density at radius 3 is 2.65 bits per heavy atom. The normalized spacial score (nSPS) is 25.2. The molecular formula is C12H20N4O3S. The largest absolute Gasteiger partial charge is 0.339 e. The molecule has 0 spiro atoms.